The molecule has 1 aliphatic heterocycles. The highest BCUT2D eigenvalue weighted by Crippen LogP contribution is 2.20. The normalized spacial score (nSPS) is 14.5. The molecule has 0 aliphatic carbocycles. The molecule has 1 saturated heterocycles. The van der Waals surface area contributed by atoms with Crippen LogP contribution < -0.4 is 10.1 Å². The second kappa shape index (κ2) is 9.67. The van der Waals surface area contributed by atoms with Gasteiger partial charge in [0.25, 0.3) is 5.91 Å². The first-order chi connectivity index (χ1) is 14.3. The summed E-state index contributed by atoms with van der Waals surface area (Å²) in [7, 11) is 0. The Bertz CT molecular complexity index is 919. The Morgan fingerprint density at radius 1 is 1.03 bits per heavy atom. The van der Waals surface area contributed by atoms with E-state index in [1.807, 2.05) is 47.8 Å². The number of nitrogens with one attached hydrogen (secondary N) is 1. The summed E-state index contributed by atoms with van der Waals surface area (Å²) >= 11 is 1.48. The minimum Gasteiger partial charge on any atom is -0.489 e. The molecule has 29 heavy (non-hydrogen) atoms. The van der Waals surface area contributed by atoms with E-state index in [0.717, 1.165) is 36.6 Å². The van der Waals surface area contributed by atoms with Crippen LogP contribution in [0.5, 0.6) is 5.75 Å². The van der Waals surface area contributed by atoms with Crippen LogP contribution in [0.4, 0.5) is 5.13 Å². The summed E-state index contributed by atoms with van der Waals surface area (Å²) < 4.78 is 5.77. The van der Waals surface area contributed by atoms with E-state index >= 15 is 0 Å². The number of anilines is 1. The molecular weight excluding hydrogens is 382 g/mol. The molecule has 5 nitrogen and oxygen atoms in total. The molecule has 1 aromatic heterocycles. The SMILES string of the molecule is O=C(Nc1nc(CN2CCCCC2)cs1)c1ccc(OCc2ccccc2)cc1. The maximum absolute atomic E-state index is 12.5. The zero-order chi connectivity index (χ0) is 19.9. The molecule has 3 aromatic rings. The largest absolute Gasteiger partial charge is 0.489 e. The topological polar surface area (TPSA) is 54.5 Å². The van der Waals surface area contributed by atoms with E-state index in [1.165, 1.54) is 30.6 Å². The van der Waals surface area contributed by atoms with Gasteiger partial charge in [-0.25, -0.2) is 4.98 Å². The first-order valence-corrected chi connectivity index (χ1v) is 10.9. The van der Waals surface area contributed by atoms with Crippen LogP contribution >= 0.6 is 11.3 Å². The minimum atomic E-state index is -0.154. The Morgan fingerprint density at radius 2 is 1.79 bits per heavy atom. The fraction of sp³-hybridized carbons (Fsp3) is 0.304. The van der Waals surface area contributed by atoms with Crippen LogP contribution in [-0.2, 0) is 13.2 Å². The van der Waals surface area contributed by atoms with E-state index < -0.39 is 0 Å². The first kappa shape index (κ1) is 19.6. The van der Waals surface area contributed by atoms with Crippen molar-refractivity contribution in [2.45, 2.75) is 32.4 Å². The molecule has 0 unspecified atom stereocenters. The summed E-state index contributed by atoms with van der Waals surface area (Å²) in [6, 6.07) is 17.2. The summed E-state index contributed by atoms with van der Waals surface area (Å²) in [6.07, 6.45) is 3.85. The van der Waals surface area contributed by atoms with Crippen LogP contribution in [0.3, 0.4) is 0 Å². The maximum atomic E-state index is 12.5. The highest BCUT2D eigenvalue weighted by Gasteiger charge is 2.14. The molecule has 0 radical (unpaired) electrons. The van der Waals surface area contributed by atoms with Crippen LogP contribution in [0.1, 0.15) is 40.9 Å². The van der Waals surface area contributed by atoms with Crippen LogP contribution in [-0.4, -0.2) is 28.9 Å². The van der Waals surface area contributed by atoms with Crippen molar-refractivity contribution in [2.75, 3.05) is 18.4 Å². The van der Waals surface area contributed by atoms with Crippen molar-refractivity contribution >= 4 is 22.4 Å². The van der Waals surface area contributed by atoms with Crippen molar-refractivity contribution in [1.29, 1.82) is 0 Å². The van der Waals surface area contributed by atoms with E-state index in [4.69, 9.17) is 4.74 Å². The fourth-order valence-electron chi connectivity index (χ4n) is 3.40. The minimum absolute atomic E-state index is 0.154. The molecular formula is C23H25N3O2S. The summed E-state index contributed by atoms with van der Waals surface area (Å²) in [5.41, 5.74) is 2.72. The third kappa shape index (κ3) is 5.65. The molecule has 0 spiro atoms. The average molecular weight is 408 g/mol. The monoisotopic (exact) mass is 407 g/mol. The van der Waals surface area contributed by atoms with Crippen molar-refractivity contribution in [1.82, 2.24) is 9.88 Å². The average Bonchev–Trinajstić information content (AvgIpc) is 3.20. The Kier molecular flexibility index (Phi) is 6.54. The van der Waals surface area contributed by atoms with Crippen molar-refractivity contribution in [2.24, 2.45) is 0 Å². The number of ether oxygens (including phenoxy) is 1. The number of carbonyl (C=O) groups excluding carboxylic acids is 1. The number of nitrogens with zero attached hydrogens (tertiary/aromatic N) is 2. The van der Waals surface area contributed by atoms with Gasteiger partial charge in [0.1, 0.15) is 12.4 Å². The number of likely N-dealkylation sites (tertiary alicyclic amines) is 1. The number of amides is 1. The fourth-order valence-corrected chi connectivity index (χ4v) is 4.09. The summed E-state index contributed by atoms with van der Waals surface area (Å²) in [4.78, 5) is 19.5. The van der Waals surface area contributed by atoms with Gasteiger partial charge in [-0.2, -0.15) is 0 Å². The van der Waals surface area contributed by atoms with Gasteiger partial charge in [-0.1, -0.05) is 36.8 Å². The number of piperidine rings is 1. The number of hydrogen-bond acceptors (Lipinski definition) is 5. The molecule has 1 aliphatic rings. The van der Waals surface area contributed by atoms with Gasteiger partial charge in [-0.05, 0) is 55.8 Å². The maximum Gasteiger partial charge on any atom is 0.257 e. The molecule has 2 heterocycles. The molecule has 0 saturated carbocycles. The number of thiazole rings is 1. The van der Waals surface area contributed by atoms with Gasteiger partial charge in [0.05, 0.1) is 5.69 Å². The number of aromatic nitrogens is 1. The molecule has 4 rings (SSSR count). The van der Waals surface area contributed by atoms with Gasteiger partial charge >= 0.3 is 0 Å². The highest BCUT2D eigenvalue weighted by atomic mass is 32.1. The van der Waals surface area contributed by atoms with Gasteiger partial charge in [-0.3, -0.25) is 15.0 Å². The van der Waals surface area contributed by atoms with Crippen molar-refractivity contribution in [3.8, 4) is 5.75 Å². The lowest BCUT2D eigenvalue weighted by Gasteiger charge is -2.25. The van der Waals surface area contributed by atoms with Gasteiger partial charge in [0.2, 0.25) is 0 Å². The highest BCUT2D eigenvalue weighted by molar-refractivity contribution is 7.13. The Hall–Kier alpha value is -2.70. The quantitative estimate of drug-likeness (QED) is 0.601. The number of carbonyl (C=O) groups is 1. The standard InChI is InChI=1S/C23H25N3O2S/c27-22(25-23-24-20(17-29-23)15-26-13-5-2-6-14-26)19-9-11-21(12-10-19)28-16-18-7-3-1-4-8-18/h1,3-4,7-12,17H,2,5-6,13-16H2,(H,24,25,27). The Morgan fingerprint density at radius 3 is 2.55 bits per heavy atom. The number of rotatable bonds is 7. The van der Waals surface area contributed by atoms with Crippen molar-refractivity contribution < 1.29 is 9.53 Å². The van der Waals surface area contributed by atoms with Gasteiger partial charge < -0.3 is 4.74 Å². The van der Waals surface area contributed by atoms with Crippen molar-refractivity contribution in [3.63, 3.8) is 0 Å². The van der Waals surface area contributed by atoms with Gasteiger partial charge in [0, 0.05) is 17.5 Å². The smallest absolute Gasteiger partial charge is 0.257 e. The predicted molar refractivity (Wildman–Crippen MR) is 116 cm³/mol. The summed E-state index contributed by atoms with van der Waals surface area (Å²) in [5, 5.41) is 5.58. The first-order valence-electron chi connectivity index (χ1n) is 10.0. The third-order valence-electron chi connectivity index (χ3n) is 4.97. The van der Waals surface area contributed by atoms with Crippen LogP contribution in [0.25, 0.3) is 0 Å². The second-order valence-corrected chi connectivity index (χ2v) is 8.09. The molecule has 0 bridgehead atoms. The molecule has 1 N–H and O–H groups in total. The predicted octanol–water partition coefficient (Wildman–Crippen LogP) is 4.96. The molecule has 2 aromatic carbocycles. The van der Waals surface area contributed by atoms with Crippen LogP contribution in [0.15, 0.2) is 60.0 Å². The summed E-state index contributed by atoms with van der Waals surface area (Å²) in [5.74, 6) is 0.585. The lowest BCUT2D eigenvalue weighted by Crippen LogP contribution is -2.29. The van der Waals surface area contributed by atoms with E-state index in [2.05, 4.69) is 15.2 Å². The third-order valence-corrected chi connectivity index (χ3v) is 5.78. The molecule has 0 atom stereocenters. The van der Waals surface area contributed by atoms with Gasteiger partial charge in [-0.15, -0.1) is 11.3 Å². The zero-order valence-electron chi connectivity index (χ0n) is 16.3. The summed E-state index contributed by atoms with van der Waals surface area (Å²) in [6.45, 7) is 3.64. The second-order valence-electron chi connectivity index (χ2n) is 7.23. The van der Waals surface area contributed by atoms with E-state index in [0.29, 0.717) is 17.3 Å². The van der Waals surface area contributed by atoms with E-state index in [1.54, 1.807) is 12.1 Å². The van der Waals surface area contributed by atoms with Crippen LogP contribution in [0.2, 0.25) is 0 Å². The lowest BCUT2D eigenvalue weighted by molar-refractivity contribution is 0.102. The molecule has 150 valence electrons. The van der Waals surface area contributed by atoms with E-state index in [9.17, 15) is 4.79 Å². The molecule has 1 amide bonds. The van der Waals surface area contributed by atoms with E-state index in [-0.39, 0.29) is 5.91 Å². The lowest BCUT2D eigenvalue weighted by atomic mass is 10.1. The number of hydrogen-bond donors (Lipinski definition) is 1. The number of benzene rings is 2. The molecule has 6 heteroatoms. The Balaban J connectivity index is 1.29. The molecule has 1 fully saturated rings. The van der Waals surface area contributed by atoms with Crippen LogP contribution in [0, 0.1) is 0 Å². The zero-order valence-corrected chi connectivity index (χ0v) is 17.2. The van der Waals surface area contributed by atoms with Crippen molar-refractivity contribution in [3.05, 3.63) is 76.8 Å². The van der Waals surface area contributed by atoms with Gasteiger partial charge in [0.15, 0.2) is 5.13 Å². The Labute approximate surface area is 175 Å².